The van der Waals surface area contributed by atoms with Crippen molar-refractivity contribution in [2.24, 2.45) is 0 Å². The van der Waals surface area contributed by atoms with Gasteiger partial charge in [-0.1, -0.05) is 41.1 Å². The topological polar surface area (TPSA) is 75.2 Å². The molecule has 0 bridgehead atoms. The Morgan fingerprint density at radius 1 is 1.27 bits per heavy atom. The molecule has 3 aromatic rings. The van der Waals surface area contributed by atoms with Crippen molar-refractivity contribution in [1.29, 1.82) is 0 Å². The fourth-order valence-electron chi connectivity index (χ4n) is 3.27. The number of carbonyl (C=O) groups excluding carboxylic acids is 2. The number of aromatic nitrogens is 2. The van der Waals surface area contributed by atoms with Crippen molar-refractivity contribution in [3.8, 4) is 0 Å². The van der Waals surface area contributed by atoms with Gasteiger partial charge in [0.05, 0.1) is 6.42 Å². The minimum atomic E-state index is -0.346. The van der Waals surface area contributed by atoms with Crippen molar-refractivity contribution in [2.45, 2.75) is 25.7 Å². The van der Waals surface area contributed by atoms with Gasteiger partial charge in [-0.05, 0) is 42.3 Å². The normalized spacial score (nSPS) is 16.2. The molecular formula is C21H18ClFN4O2S. The number of hydrogen-bond donors (Lipinski definition) is 1. The molecule has 1 aliphatic rings. The number of halogens is 2. The first-order valence-corrected chi connectivity index (χ1v) is 10.5. The summed E-state index contributed by atoms with van der Waals surface area (Å²) >= 11 is 7.45. The number of hydrogen-bond acceptors (Lipinski definition) is 5. The predicted octanol–water partition coefficient (Wildman–Crippen LogP) is 4.34. The molecule has 1 fully saturated rings. The van der Waals surface area contributed by atoms with Crippen LogP contribution >= 0.6 is 22.9 Å². The smallest absolute Gasteiger partial charge is 0.230 e. The van der Waals surface area contributed by atoms with Crippen LogP contribution in [0.1, 0.15) is 28.5 Å². The summed E-state index contributed by atoms with van der Waals surface area (Å²) in [5, 5.41) is 12.6. The average Bonchev–Trinajstić information content (AvgIpc) is 3.32. The van der Waals surface area contributed by atoms with Gasteiger partial charge in [0.2, 0.25) is 16.9 Å². The lowest BCUT2D eigenvalue weighted by Gasteiger charge is -2.17. The number of aryl methyl sites for hydroxylation is 1. The second-order valence-electron chi connectivity index (χ2n) is 7.14. The quantitative estimate of drug-likeness (QED) is 0.635. The van der Waals surface area contributed by atoms with E-state index in [0.29, 0.717) is 33.7 Å². The van der Waals surface area contributed by atoms with Gasteiger partial charge in [-0.3, -0.25) is 9.59 Å². The van der Waals surface area contributed by atoms with Crippen LogP contribution in [-0.4, -0.2) is 28.6 Å². The molecule has 154 valence electrons. The van der Waals surface area contributed by atoms with E-state index in [2.05, 4.69) is 15.5 Å². The van der Waals surface area contributed by atoms with Crippen LogP contribution in [0.2, 0.25) is 5.02 Å². The lowest BCUT2D eigenvalue weighted by Crippen LogP contribution is -2.24. The third-order valence-corrected chi connectivity index (χ3v) is 6.31. The van der Waals surface area contributed by atoms with Crippen LogP contribution in [0.5, 0.6) is 0 Å². The summed E-state index contributed by atoms with van der Waals surface area (Å²) in [6.07, 6.45) is 0.433. The summed E-state index contributed by atoms with van der Waals surface area (Å²) < 4.78 is 13.0. The Morgan fingerprint density at radius 3 is 2.77 bits per heavy atom. The summed E-state index contributed by atoms with van der Waals surface area (Å²) in [6.45, 7) is 2.39. The average molecular weight is 445 g/mol. The molecule has 4 rings (SSSR count). The van der Waals surface area contributed by atoms with E-state index in [4.69, 9.17) is 11.6 Å². The Bertz CT molecular complexity index is 1100. The molecule has 1 aromatic heterocycles. The Labute approximate surface area is 181 Å². The van der Waals surface area contributed by atoms with Crippen molar-refractivity contribution < 1.29 is 14.0 Å². The van der Waals surface area contributed by atoms with Gasteiger partial charge in [-0.2, -0.15) is 0 Å². The van der Waals surface area contributed by atoms with E-state index in [1.807, 2.05) is 19.1 Å². The maximum absolute atomic E-state index is 13.0. The standard InChI is InChI=1S/C21H18ClFN4O2S/c1-12-2-7-16(10-17(12)22)27-11-14(9-19(27)29)20-25-26-21(30-20)24-18(28)8-13-3-5-15(23)6-4-13/h2-7,10,14H,8-9,11H2,1H3,(H,24,26,28)/t14-/m1/s1. The van der Waals surface area contributed by atoms with Crippen LogP contribution < -0.4 is 10.2 Å². The summed E-state index contributed by atoms with van der Waals surface area (Å²) in [5.74, 6) is -0.710. The number of amides is 2. The lowest BCUT2D eigenvalue weighted by atomic mass is 10.1. The predicted molar refractivity (Wildman–Crippen MR) is 115 cm³/mol. The molecule has 1 atom stereocenters. The molecule has 0 radical (unpaired) electrons. The molecule has 1 saturated heterocycles. The van der Waals surface area contributed by atoms with E-state index in [1.165, 1.54) is 23.5 Å². The molecule has 2 aromatic carbocycles. The van der Waals surface area contributed by atoms with Crippen molar-refractivity contribution in [3.05, 3.63) is 69.4 Å². The Morgan fingerprint density at radius 2 is 2.03 bits per heavy atom. The minimum absolute atomic E-state index is 0.00276. The van der Waals surface area contributed by atoms with Crippen molar-refractivity contribution >= 4 is 45.6 Å². The molecule has 2 heterocycles. The zero-order chi connectivity index (χ0) is 21.3. The van der Waals surface area contributed by atoms with Crippen LogP contribution in [0.25, 0.3) is 0 Å². The monoisotopic (exact) mass is 444 g/mol. The van der Waals surface area contributed by atoms with Gasteiger partial charge in [0.25, 0.3) is 0 Å². The largest absolute Gasteiger partial charge is 0.312 e. The molecule has 0 aliphatic carbocycles. The van der Waals surface area contributed by atoms with E-state index in [0.717, 1.165) is 11.3 Å². The molecule has 0 spiro atoms. The van der Waals surface area contributed by atoms with Crippen molar-refractivity contribution in [1.82, 2.24) is 10.2 Å². The first-order chi connectivity index (χ1) is 14.4. The second-order valence-corrected chi connectivity index (χ2v) is 8.55. The maximum Gasteiger partial charge on any atom is 0.230 e. The number of rotatable bonds is 5. The molecule has 2 amide bonds. The summed E-state index contributed by atoms with van der Waals surface area (Å²) in [7, 11) is 0. The van der Waals surface area contributed by atoms with Crippen LogP contribution in [0.3, 0.4) is 0 Å². The highest BCUT2D eigenvalue weighted by molar-refractivity contribution is 7.15. The Balaban J connectivity index is 1.40. The zero-order valence-corrected chi connectivity index (χ0v) is 17.6. The highest BCUT2D eigenvalue weighted by atomic mass is 35.5. The van der Waals surface area contributed by atoms with Crippen LogP contribution in [0, 0.1) is 12.7 Å². The van der Waals surface area contributed by atoms with E-state index in [1.54, 1.807) is 23.1 Å². The highest BCUT2D eigenvalue weighted by Gasteiger charge is 2.34. The van der Waals surface area contributed by atoms with Gasteiger partial charge in [-0.15, -0.1) is 10.2 Å². The van der Waals surface area contributed by atoms with Crippen LogP contribution in [-0.2, 0) is 16.0 Å². The fourth-order valence-corrected chi connectivity index (χ4v) is 4.30. The Hall–Kier alpha value is -2.84. The van der Waals surface area contributed by atoms with Crippen molar-refractivity contribution in [2.75, 3.05) is 16.8 Å². The summed E-state index contributed by atoms with van der Waals surface area (Å²) in [6, 6.07) is 11.3. The fraction of sp³-hybridized carbons (Fsp3) is 0.238. The van der Waals surface area contributed by atoms with Crippen LogP contribution in [0.15, 0.2) is 42.5 Å². The van der Waals surface area contributed by atoms with Crippen molar-refractivity contribution in [3.63, 3.8) is 0 Å². The molecule has 6 nitrogen and oxygen atoms in total. The number of nitrogens with one attached hydrogen (secondary N) is 1. The molecule has 1 aliphatic heterocycles. The number of carbonyl (C=O) groups is 2. The third kappa shape index (κ3) is 4.49. The molecule has 0 saturated carbocycles. The summed E-state index contributed by atoms with van der Waals surface area (Å²) in [4.78, 5) is 26.4. The highest BCUT2D eigenvalue weighted by Crippen LogP contribution is 2.35. The van der Waals surface area contributed by atoms with E-state index < -0.39 is 0 Å². The van der Waals surface area contributed by atoms with Gasteiger partial charge in [0, 0.05) is 29.6 Å². The number of benzene rings is 2. The second kappa shape index (κ2) is 8.49. The lowest BCUT2D eigenvalue weighted by molar-refractivity contribution is -0.117. The molecule has 30 heavy (non-hydrogen) atoms. The first kappa shape index (κ1) is 20.4. The van der Waals surface area contributed by atoms with E-state index >= 15 is 0 Å². The minimum Gasteiger partial charge on any atom is -0.312 e. The molecule has 1 N–H and O–H groups in total. The van der Waals surface area contributed by atoms with Gasteiger partial charge in [0.1, 0.15) is 10.8 Å². The van der Waals surface area contributed by atoms with Gasteiger partial charge >= 0.3 is 0 Å². The summed E-state index contributed by atoms with van der Waals surface area (Å²) in [5.41, 5.74) is 2.41. The Kier molecular flexibility index (Phi) is 5.78. The van der Waals surface area contributed by atoms with E-state index in [-0.39, 0.29) is 30.0 Å². The third-order valence-electron chi connectivity index (χ3n) is 4.91. The molecule has 9 heteroatoms. The number of anilines is 2. The SMILES string of the molecule is Cc1ccc(N2C[C@H](c3nnc(NC(=O)Cc4ccc(F)cc4)s3)CC2=O)cc1Cl. The first-order valence-electron chi connectivity index (χ1n) is 9.33. The van der Waals surface area contributed by atoms with Crippen LogP contribution in [0.4, 0.5) is 15.2 Å². The number of nitrogens with zero attached hydrogens (tertiary/aromatic N) is 3. The van der Waals surface area contributed by atoms with Gasteiger partial charge in [-0.25, -0.2) is 4.39 Å². The van der Waals surface area contributed by atoms with Gasteiger partial charge < -0.3 is 10.2 Å². The molecule has 0 unspecified atom stereocenters. The van der Waals surface area contributed by atoms with E-state index in [9.17, 15) is 14.0 Å². The molecular weight excluding hydrogens is 427 g/mol. The van der Waals surface area contributed by atoms with Gasteiger partial charge in [0.15, 0.2) is 0 Å². The maximum atomic E-state index is 13.0. The zero-order valence-electron chi connectivity index (χ0n) is 16.1.